The van der Waals surface area contributed by atoms with E-state index in [0.29, 0.717) is 6.42 Å². The summed E-state index contributed by atoms with van der Waals surface area (Å²) in [5, 5.41) is 0. The highest BCUT2D eigenvalue weighted by molar-refractivity contribution is 7.99. The molecule has 1 aromatic carbocycles. The van der Waals surface area contributed by atoms with Gasteiger partial charge in [0.05, 0.1) is 12.7 Å². The summed E-state index contributed by atoms with van der Waals surface area (Å²) in [6.07, 6.45) is 2.84. The van der Waals surface area contributed by atoms with E-state index in [4.69, 9.17) is 9.15 Å². The predicted molar refractivity (Wildman–Crippen MR) is 72.9 cm³/mol. The van der Waals surface area contributed by atoms with Crippen LogP contribution in [-0.4, -0.2) is 11.4 Å². The zero-order valence-electron chi connectivity index (χ0n) is 10.3. The van der Waals surface area contributed by atoms with E-state index in [1.165, 1.54) is 0 Å². The van der Waals surface area contributed by atoms with Gasteiger partial charge in [-0.3, -0.25) is 4.79 Å². The van der Waals surface area contributed by atoms with Crippen molar-refractivity contribution in [2.75, 3.05) is 0 Å². The number of carbonyl (C=O) groups excluding carboxylic acids is 1. The van der Waals surface area contributed by atoms with Crippen molar-refractivity contribution >= 4 is 17.7 Å². The van der Waals surface area contributed by atoms with E-state index in [2.05, 4.69) is 0 Å². The van der Waals surface area contributed by atoms with Crippen LogP contribution in [0.3, 0.4) is 0 Å². The van der Waals surface area contributed by atoms with Crippen molar-refractivity contribution in [2.24, 2.45) is 0 Å². The molecule has 1 aromatic heterocycles. The fourth-order valence-corrected chi connectivity index (χ4v) is 3.32. The van der Waals surface area contributed by atoms with Crippen molar-refractivity contribution in [2.45, 2.75) is 29.1 Å². The van der Waals surface area contributed by atoms with E-state index in [1.54, 1.807) is 18.0 Å². The SMILES string of the molecule is O=C1C[C@H](c2ccco2)C[C@H](Sc2ccccc2)O1. The van der Waals surface area contributed by atoms with Crippen LogP contribution in [0.15, 0.2) is 58.0 Å². The summed E-state index contributed by atoms with van der Waals surface area (Å²) in [5.74, 6) is 0.842. The number of thioether (sulfide) groups is 1. The Balaban J connectivity index is 1.71. The molecule has 0 saturated carbocycles. The van der Waals surface area contributed by atoms with Gasteiger partial charge in [-0.25, -0.2) is 0 Å². The summed E-state index contributed by atoms with van der Waals surface area (Å²) in [7, 11) is 0. The Kier molecular flexibility index (Phi) is 3.60. The lowest BCUT2D eigenvalue weighted by Gasteiger charge is -2.27. The van der Waals surface area contributed by atoms with Gasteiger partial charge in [-0.1, -0.05) is 30.0 Å². The van der Waals surface area contributed by atoms with Crippen LogP contribution in [0.1, 0.15) is 24.5 Å². The summed E-state index contributed by atoms with van der Waals surface area (Å²) in [4.78, 5) is 12.8. The highest BCUT2D eigenvalue weighted by Crippen LogP contribution is 2.37. The number of ether oxygens (including phenoxy) is 1. The molecule has 2 heterocycles. The van der Waals surface area contributed by atoms with Gasteiger partial charge in [-0.2, -0.15) is 0 Å². The summed E-state index contributed by atoms with van der Waals surface area (Å²) in [5.41, 5.74) is -0.140. The molecule has 0 N–H and O–H groups in total. The zero-order chi connectivity index (χ0) is 13.1. The number of benzene rings is 1. The van der Waals surface area contributed by atoms with E-state index in [0.717, 1.165) is 17.1 Å². The van der Waals surface area contributed by atoms with Gasteiger partial charge in [0.25, 0.3) is 0 Å². The van der Waals surface area contributed by atoms with Crippen LogP contribution in [-0.2, 0) is 9.53 Å². The third-order valence-corrected chi connectivity index (χ3v) is 4.21. The number of furan rings is 1. The van der Waals surface area contributed by atoms with Crippen molar-refractivity contribution in [3.63, 3.8) is 0 Å². The highest BCUT2D eigenvalue weighted by Gasteiger charge is 2.31. The number of esters is 1. The molecule has 2 aromatic rings. The highest BCUT2D eigenvalue weighted by atomic mass is 32.2. The average Bonchev–Trinajstić information content (AvgIpc) is 2.93. The minimum atomic E-state index is -0.152. The van der Waals surface area contributed by atoms with E-state index in [9.17, 15) is 4.79 Å². The molecule has 1 fully saturated rings. The second-order valence-electron chi connectivity index (χ2n) is 4.50. The Bertz CT molecular complexity index is 536. The molecule has 2 atom stereocenters. The Morgan fingerprint density at radius 2 is 1.95 bits per heavy atom. The summed E-state index contributed by atoms with van der Waals surface area (Å²) in [6.45, 7) is 0. The normalized spacial score (nSPS) is 23.1. The molecule has 0 amide bonds. The number of hydrogen-bond acceptors (Lipinski definition) is 4. The topological polar surface area (TPSA) is 39.4 Å². The van der Waals surface area contributed by atoms with E-state index in [1.807, 2.05) is 42.5 Å². The van der Waals surface area contributed by atoms with Gasteiger partial charge in [-0.15, -0.1) is 0 Å². The molecule has 19 heavy (non-hydrogen) atoms. The van der Waals surface area contributed by atoms with E-state index in [-0.39, 0.29) is 17.3 Å². The van der Waals surface area contributed by atoms with Crippen LogP contribution < -0.4 is 0 Å². The van der Waals surface area contributed by atoms with Crippen LogP contribution in [0.25, 0.3) is 0 Å². The van der Waals surface area contributed by atoms with Crippen LogP contribution in [0.2, 0.25) is 0 Å². The minimum absolute atomic E-state index is 0.123. The van der Waals surface area contributed by atoms with Gasteiger partial charge < -0.3 is 9.15 Å². The lowest BCUT2D eigenvalue weighted by Crippen LogP contribution is -2.26. The molecule has 3 nitrogen and oxygen atoms in total. The molecule has 0 bridgehead atoms. The van der Waals surface area contributed by atoms with Crippen molar-refractivity contribution in [3.8, 4) is 0 Å². The van der Waals surface area contributed by atoms with Crippen molar-refractivity contribution in [1.82, 2.24) is 0 Å². The zero-order valence-corrected chi connectivity index (χ0v) is 11.1. The molecule has 0 aliphatic carbocycles. The van der Waals surface area contributed by atoms with Crippen molar-refractivity contribution in [3.05, 3.63) is 54.5 Å². The van der Waals surface area contributed by atoms with Gasteiger partial charge in [0.15, 0.2) is 5.44 Å². The second kappa shape index (κ2) is 5.53. The maximum absolute atomic E-state index is 11.7. The minimum Gasteiger partial charge on any atom is -0.469 e. The molecule has 1 saturated heterocycles. The van der Waals surface area contributed by atoms with Crippen LogP contribution in [0.4, 0.5) is 0 Å². The van der Waals surface area contributed by atoms with Crippen LogP contribution >= 0.6 is 11.8 Å². The molecule has 3 rings (SSSR count). The first-order valence-corrected chi connectivity index (χ1v) is 7.14. The third-order valence-electron chi connectivity index (χ3n) is 3.11. The molecular formula is C15H14O3S. The maximum atomic E-state index is 11.7. The van der Waals surface area contributed by atoms with Gasteiger partial charge >= 0.3 is 5.97 Å². The molecule has 1 aliphatic heterocycles. The van der Waals surface area contributed by atoms with E-state index >= 15 is 0 Å². The predicted octanol–water partition coefficient (Wildman–Crippen LogP) is 3.82. The first-order chi connectivity index (χ1) is 9.31. The Morgan fingerprint density at radius 1 is 1.11 bits per heavy atom. The van der Waals surface area contributed by atoms with E-state index < -0.39 is 0 Å². The van der Waals surface area contributed by atoms with Gasteiger partial charge in [-0.05, 0) is 24.3 Å². The Morgan fingerprint density at radius 3 is 2.68 bits per heavy atom. The smallest absolute Gasteiger partial charge is 0.307 e. The fourth-order valence-electron chi connectivity index (χ4n) is 2.22. The average molecular weight is 274 g/mol. The first-order valence-electron chi connectivity index (χ1n) is 6.26. The Hall–Kier alpha value is -1.68. The van der Waals surface area contributed by atoms with Crippen molar-refractivity contribution in [1.29, 1.82) is 0 Å². The Labute approximate surface area is 115 Å². The van der Waals surface area contributed by atoms with Crippen LogP contribution in [0, 0.1) is 0 Å². The molecule has 0 unspecified atom stereocenters. The summed E-state index contributed by atoms with van der Waals surface area (Å²) < 4.78 is 10.8. The van der Waals surface area contributed by atoms with Crippen LogP contribution in [0.5, 0.6) is 0 Å². The number of hydrogen-bond donors (Lipinski definition) is 0. The molecule has 0 radical (unpaired) electrons. The molecule has 98 valence electrons. The van der Waals surface area contributed by atoms with Gasteiger partial charge in [0, 0.05) is 17.2 Å². The summed E-state index contributed by atoms with van der Waals surface area (Å²) >= 11 is 1.58. The second-order valence-corrected chi connectivity index (χ2v) is 5.74. The lowest BCUT2D eigenvalue weighted by molar-refractivity contribution is -0.149. The quantitative estimate of drug-likeness (QED) is 0.798. The lowest BCUT2D eigenvalue weighted by atomic mass is 9.97. The molecule has 0 spiro atoms. The van der Waals surface area contributed by atoms with Crippen molar-refractivity contribution < 1.29 is 13.9 Å². The summed E-state index contributed by atoms with van der Waals surface area (Å²) in [6, 6.07) is 13.8. The monoisotopic (exact) mass is 274 g/mol. The molecule has 4 heteroatoms. The third kappa shape index (κ3) is 3.01. The first kappa shape index (κ1) is 12.4. The van der Waals surface area contributed by atoms with Gasteiger partial charge in [0.2, 0.25) is 0 Å². The standard InChI is InChI=1S/C15H14O3S/c16-14-9-11(13-7-4-8-17-13)10-15(18-14)19-12-5-2-1-3-6-12/h1-8,11,15H,9-10H2/t11-,15-/m0/s1. The molecular weight excluding hydrogens is 260 g/mol. The van der Waals surface area contributed by atoms with Gasteiger partial charge in [0.1, 0.15) is 5.76 Å². The number of carbonyl (C=O) groups is 1. The number of rotatable bonds is 3. The maximum Gasteiger partial charge on any atom is 0.307 e. The fraction of sp³-hybridized carbons (Fsp3) is 0.267. The molecule has 1 aliphatic rings. The number of cyclic esters (lactones) is 1. The largest absolute Gasteiger partial charge is 0.469 e.